The van der Waals surface area contributed by atoms with Crippen molar-refractivity contribution in [2.75, 3.05) is 0 Å². The Bertz CT molecular complexity index is 801. The highest BCUT2D eigenvalue weighted by atomic mass is 32.2. The number of alkyl halides is 3. The molecular weight excluding hydrogens is 365 g/mol. The maximum absolute atomic E-state index is 12.5. The van der Waals surface area contributed by atoms with E-state index in [1.807, 2.05) is 5.38 Å². The van der Waals surface area contributed by atoms with Crippen molar-refractivity contribution in [1.29, 1.82) is 0 Å². The number of nitrogens with one attached hydrogen (secondary N) is 1. The van der Waals surface area contributed by atoms with Crippen LogP contribution in [-0.2, 0) is 27.4 Å². The van der Waals surface area contributed by atoms with Crippen molar-refractivity contribution in [2.24, 2.45) is 0 Å². The van der Waals surface area contributed by atoms with Crippen molar-refractivity contribution >= 4 is 27.1 Å². The summed E-state index contributed by atoms with van der Waals surface area (Å²) < 4.78 is 62.0. The topological polar surface area (TPSA) is 76.1 Å². The van der Waals surface area contributed by atoms with Crippen molar-refractivity contribution in [2.45, 2.75) is 29.9 Å². The van der Waals surface area contributed by atoms with Crippen LogP contribution in [0.3, 0.4) is 0 Å². The number of nitrogens with zero attached hydrogens (tertiary/aromatic N) is 1. The van der Waals surface area contributed by atoms with Crippen molar-refractivity contribution in [3.63, 3.8) is 0 Å². The molecule has 1 N–H and O–H groups in total. The molecule has 0 aromatic carbocycles. The minimum Gasteiger partial charge on any atom is -0.350 e. The van der Waals surface area contributed by atoms with Gasteiger partial charge in [0.15, 0.2) is 5.03 Å². The van der Waals surface area contributed by atoms with Crippen molar-refractivity contribution in [3.8, 4) is 0 Å². The van der Waals surface area contributed by atoms with Crippen molar-refractivity contribution in [3.05, 3.63) is 46.3 Å². The van der Waals surface area contributed by atoms with E-state index >= 15 is 0 Å². The van der Waals surface area contributed by atoms with Gasteiger partial charge >= 0.3 is 6.18 Å². The molecule has 0 radical (unpaired) electrons. The number of aromatic nitrogens is 1. The Morgan fingerprint density at radius 2 is 2.04 bits per heavy atom. The molecule has 0 spiro atoms. The summed E-state index contributed by atoms with van der Waals surface area (Å²) in [5, 5.41) is 2.25. The highest BCUT2D eigenvalue weighted by Gasteiger charge is 2.34. The lowest BCUT2D eigenvalue weighted by Gasteiger charge is -2.13. The molecule has 2 rings (SSSR count). The molecule has 0 fully saturated rings. The number of carbonyl (C=O) groups is 1. The standard InChI is InChI=1S/C14H13F3N2O3S2/c1-9(13(20)19-8-11-3-2-6-23-11)24(21,22)12-5-4-10(7-18-12)14(15,16)17/h2-7,9H,8H2,1H3,(H,19,20)/t9-/m1/s1. The molecule has 1 amide bonds. The summed E-state index contributed by atoms with van der Waals surface area (Å²) in [6.07, 6.45) is -4.18. The van der Waals surface area contributed by atoms with Gasteiger partial charge in [-0.1, -0.05) is 6.07 Å². The first-order valence-electron chi connectivity index (χ1n) is 6.69. The molecule has 5 nitrogen and oxygen atoms in total. The number of hydrogen-bond donors (Lipinski definition) is 1. The first-order valence-corrected chi connectivity index (χ1v) is 9.12. The summed E-state index contributed by atoms with van der Waals surface area (Å²) in [6.45, 7) is 1.34. The Kier molecular flexibility index (Phi) is 5.29. The van der Waals surface area contributed by atoms with Crippen LogP contribution in [0.4, 0.5) is 13.2 Å². The van der Waals surface area contributed by atoms with E-state index in [-0.39, 0.29) is 6.54 Å². The second-order valence-corrected chi connectivity index (χ2v) is 8.11. The van der Waals surface area contributed by atoms with Gasteiger partial charge in [-0.05, 0) is 30.5 Å². The first-order chi connectivity index (χ1) is 11.1. The van der Waals surface area contributed by atoms with Gasteiger partial charge in [0.2, 0.25) is 15.7 Å². The predicted octanol–water partition coefficient (Wildman–Crippen LogP) is 2.64. The number of amides is 1. The van der Waals surface area contributed by atoms with E-state index < -0.39 is 37.8 Å². The molecule has 2 aromatic heterocycles. The molecular formula is C14H13F3N2O3S2. The van der Waals surface area contributed by atoms with E-state index in [2.05, 4.69) is 10.3 Å². The summed E-state index contributed by atoms with van der Waals surface area (Å²) in [7, 11) is -4.18. The average molecular weight is 378 g/mol. The SMILES string of the molecule is C[C@H](C(=O)NCc1cccs1)S(=O)(=O)c1ccc(C(F)(F)F)cn1. The molecule has 0 aliphatic rings. The summed E-state index contributed by atoms with van der Waals surface area (Å²) in [5.41, 5.74) is -1.06. The lowest BCUT2D eigenvalue weighted by Crippen LogP contribution is -2.37. The second-order valence-electron chi connectivity index (χ2n) is 4.87. The molecule has 0 aliphatic carbocycles. The number of rotatable bonds is 5. The van der Waals surface area contributed by atoms with Gasteiger partial charge in [-0.15, -0.1) is 11.3 Å². The van der Waals surface area contributed by atoms with Gasteiger partial charge in [-0.3, -0.25) is 4.79 Å². The molecule has 0 saturated carbocycles. The van der Waals surface area contributed by atoms with Gasteiger partial charge in [-0.2, -0.15) is 13.2 Å². The number of thiophene rings is 1. The number of pyridine rings is 1. The Labute approximate surface area is 140 Å². The fourth-order valence-electron chi connectivity index (χ4n) is 1.77. The summed E-state index contributed by atoms with van der Waals surface area (Å²) in [6, 6.07) is 4.94. The van der Waals surface area contributed by atoms with Crippen LogP contribution in [0.1, 0.15) is 17.4 Å². The average Bonchev–Trinajstić information content (AvgIpc) is 3.04. The molecule has 2 heterocycles. The van der Waals surface area contributed by atoms with Crippen molar-refractivity contribution in [1.82, 2.24) is 10.3 Å². The molecule has 2 aromatic rings. The number of halogens is 3. The van der Waals surface area contributed by atoms with Crippen LogP contribution in [0.15, 0.2) is 40.9 Å². The highest BCUT2D eigenvalue weighted by molar-refractivity contribution is 7.92. The maximum Gasteiger partial charge on any atom is 0.417 e. The van der Waals surface area contributed by atoms with Gasteiger partial charge in [0.05, 0.1) is 12.1 Å². The number of carbonyl (C=O) groups excluding carboxylic acids is 1. The summed E-state index contributed by atoms with van der Waals surface area (Å²) >= 11 is 1.40. The summed E-state index contributed by atoms with van der Waals surface area (Å²) in [5.74, 6) is -0.745. The van der Waals surface area contributed by atoms with Gasteiger partial charge < -0.3 is 5.32 Å². The largest absolute Gasteiger partial charge is 0.417 e. The number of hydrogen-bond acceptors (Lipinski definition) is 5. The third kappa shape index (κ3) is 4.12. The van der Waals surface area contributed by atoms with Crippen LogP contribution in [0.5, 0.6) is 0 Å². The van der Waals surface area contributed by atoms with Crippen LogP contribution in [0.25, 0.3) is 0 Å². The van der Waals surface area contributed by atoms with E-state index in [1.165, 1.54) is 18.3 Å². The molecule has 0 aliphatic heterocycles. The smallest absolute Gasteiger partial charge is 0.350 e. The number of sulfone groups is 1. The molecule has 24 heavy (non-hydrogen) atoms. The zero-order valence-corrected chi connectivity index (χ0v) is 14.0. The zero-order valence-electron chi connectivity index (χ0n) is 12.4. The van der Waals surface area contributed by atoms with Crippen molar-refractivity contribution < 1.29 is 26.4 Å². The Morgan fingerprint density at radius 1 is 1.33 bits per heavy atom. The van der Waals surface area contributed by atoms with Crippen LogP contribution < -0.4 is 5.32 Å². The van der Waals surface area contributed by atoms with E-state index in [1.54, 1.807) is 12.1 Å². The molecule has 0 bridgehead atoms. The normalized spacial score (nSPS) is 13.5. The van der Waals surface area contributed by atoms with Gasteiger partial charge in [-0.25, -0.2) is 13.4 Å². The molecule has 130 valence electrons. The highest BCUT2D eigenvalue weighted by Crippen LogP contribution is 2.29. The van der Waals surface area contributed by atoms with Crippen LogP contribution in [0.2, 0.25) is 0 Å². The minimum absolute atomic E-state index is 0.177. The Balaban J connectivity index is 2.12. The maximum atomic E-state index is 12.5. The van der Waals surface area contributed by atoms with Gasteiger partial charge in [0.1, 0.15) is 5.25 Å². The summed E-state index contributed by atoms with van der Waals surface area (Å²) in [4.78, 5) is 16.2. The van der Waals surface area contributed by atoms with Crippen LogP contribution in [0, 0.1) is 0 Å². The van der Waals surface area contributed by atoms with Crippen LogP contribution in [-0.4, -0.2) is 24.6 Å². The lowest BCUT2D eigenvalue weighted by molar-refractivity contribution is -0.137. The lowest BCUT2D eigenvalue weighted by atomic mass is 10.3. The van der Waals surface area contributed by atoms with E-state index in [9.17, 15) is 26.4 Å². The van der Waals surface area contributed by atoms with E-state index in [0.717, 1.165) is 10.9 Å². The third-order valence-electron chi connectivity index (χ3n) is 3.21. The molecule has 10 heteroatoms. The Hall–Kier alpha value is -1.94. The van der Waals surface area contributed by atoms with Gasteiger partial charge in [0.25, 0.3) is 0 Å². The third-order valence-corrected chi connectivity index (χ3v) is 6.05. The molecule has 1 atom stereocenters. The van der Waals surface area contributed by atoms with E-state index in [0.29, 0.717) is 12.3 Å². The first kappa shape index (κ1) is 18.4. The molecule has 0 unspecified atom stereocenters. The Morgan fingerprint density at radius 3 is 2.54 bits per heavy atom. The zero-order chi connectivity index (χ0) is 18.0. The van der Waals surface area contributed by atoms with E-state index in [4.69, 9.17) is 0 Å². The monoisotopic (exact) mass is 378 g/mol. The predicted molar refractivity (Wildman–Crippen MR) is 82.1 cm³/mol. The second kappa shape index (κ2) is 6.89. The molecule has 0 saturated heterocycles. The van der Waals surface area contributed by atoms with Gasteiger partial charge in [0, 0.05) is 11.1 Å². The fraction of sp³-hybridized carbons (Fsp3) is 0.286. The minimum atomic E-state index is -4.61. The van der Waals surface area contributed by atoms with Crippen LogP contribution >= 0.6 is 11.3 Å². The quantitative estimate of drug-likeness (QED) is 0.868. The fourth-order valence-corrected chi connectivity index (χ4v) is 3.60.